The van der Waals surface area contributed by atoms with E-state index in [1.54, 1.807) is 19.3 Å². The highest BCUT2D eigenvalue weighted by atomic mass is 79.9. The molecule has 94 valence electrons. The van der Waals surface area contributed by atoms with Crippen molar-refractivity contribution in [1.82, 2.24) is 15.1 Å². The molecule has 6 nitrogen and oxygen atoms in total. The number of rotatable bonds is 4. The van der Waals surface area contributed by atoms with Crippen LogP contribution in [0, 0.1) is 0 Å². The second-order valence-electron chi connectivity index (χ2n) is 3.39. The molecule has 2 heterocycles. The van der Waals surface area contributed by atoms with Crippen LogP contribution in [0.1, 0.15) is 12.8 Å². The molecule has 0 amide bonds. The molecule has 2 aromatic rings. The Morgan fingerprint density at radius 1 is 1.50 bits per heavy atom. The van der Waals surface area contributed by atoms with Gasteiger partial charge in [-0.05, 0) is 28.9 Å². The molecule has 0 atom stereocenters. The van der Waals surface area contributed by atoms with Gasteiger partial charge >= 0.3 is 5.97 Å². The predicted octanol–water partition coefficient (Wildman–Crippen LogP) is 2.00. The van der Waals surface area contributed by atoms with Gasteiger partial charge in [-0.15, -0.1) is 0 Å². The number of halogens is 1. The number of hydrogen-bond acceptors (Lipinski definition) is 6. The first-order chi connectivity index (χ1) is 8.69. The van der Waals surface area contributed by atoms with Crippen molar-refractivity contribution in [3.8, 4) is 11.4 Å². The number of hydrogen-bond donors (Lipinski definition) is 0. The number of carbonyl (C=O) groups is 1. The Hall–Kier alpha value is -1.76. The van der Waals surface area contributed by atoms with E-state index in [1.807, 2.05) is 6.07 Å². The largest absolute Gasteiger partial charge is 0.466 e. The van der Waals surface area contributed by atoms with Crippen LogP contribution in [0.3, 0.4) is 0 Å². The second kappa shape index (κ2) is 5.72. The van der Waals surface area contributed by atoms with E-state index in [4.69, 9.17) is 9.26 Å². The molecule has 0 aliphatic heterocycles. The minimum Gasteiger partial charge on any atom is -0.466 e. The van der Waals surface area contributed by atoms with Crippen LogP contribution in [0.4, 0.5) is 0 Å². The van der Waals surface area contributed by atoms with Crippen LogP contribution in [0.5, 0.6) is 0 Å². The van der Waals surface area contributed by atoms with E-state index in [-0.39, 0.29) is 18.3 Å². The summed E-state index contributed by atoms with van der Waals surface area (Å²) in [5, 5.41) is 3.79. The molecule has 0 bridgehead atoms. The van der Waals surface area contributed by atoms with Gasteiger partial charge in [0.1, 0.15) is 6.42 Å². The van der Waals surface area contributed by atoms with Gasteiger partial charge in [-0.1, -0.05) is 5.16 Å². The fourth-order valence-corrected chi connectivity index (χ4v) is 1.68. The third kappa shape index (κ3) is 3.13. The maximum Gasteiger partial charge on any atom is 0.315 e. The van der Waals surface area contributed by atoms with Gasteiger partial charge in [-0.25, -0.2) is 0 Å². The summed E-state index contributed by atoms with van der Waals surface area (Å²) in [6.45, 7) is 2.07. The van der Waals surface area contributed by atoms with E-state index in [9.17, 15) is 4.79 Å². The number of aromatic nitrogens is 3. The van der Waals surface area contributed by atoms with Gasteiger partial charge in [0, 0.05) is 22.4 Å². The smallest absolute Gasteiger partial charge is 0.315 e. The lowest BCUT2D eigenvalue weighted by molar-refractivity contribution is -0.142. The molecule has 0 saturated carbocycles. The Labute approximate surface area is 111 Å². The molecule has 18 heavy (non-hydrogen) atoms. The highest BCUT2D eigenvalue weighted by Crippen LogP contribution is 2.18. The molecule has 7 heteroatoms. The Morgan fingerprint density at radius 2 is 2.33 bits per heavy atom. The van der Waals surface area contributed by atoms with E-state index < -0.39 is 0 Å². The lowest BCUT2D eigenvalue weighted by Crippen LogP contribution is -2.07. The highest BCUT2D eigenvalue weighted by molar-refractivity contribution is 9.10. The summed E-state index contributed by atoms with van der Waals surface area (Å²) in [4.78, 5) is 19.3. The molecule has 0 radical (unpaired) electrons. The Balaban J connectivity index is 2.13. The van der Waals surface area contributed by atoms with Crippen molar-refractivity contribution in [3.63, 3.8) is 0 Å². The lowest BCUT2D eigenvalue weighted by Gasteiger charge is -1.96. The van der Waals surface area contributed by atoms with Crippen molar-refractivity contribution in [2.24, 2.45) is 0 Å². The number of pyridine rings is 1. The number of carbonyl (C=O) groups excluding carboxylic acids is 1. The Kier molecular flexibility index (Phi) is 4.03. The fourth-order valence-electron chi connectivity index (χ4n) is 1.31. The average molecular weight is 312 g/mol. The normalized spacial score (nSPS) is 10.3. The van der Waals surface area contributed by atoms with Crippen LogP contribution in [0.15, 0.2) is 27.5 Å². The van der Waals surface area contributed by atoms with E-state index in [2.05, 4.69) is 31.1 Å². The summed E-state index contributed by atoms with van der Waals surface area (Å²) in [6.07, 6.45) is 3.25. The number of ether oxygens (including phenoxy) is 1. The molecule has 0 spiro atoms. The molecule has 0 aliphatic rings. The van der Waals surface area contributed by atoms with Crippen molar-refractivity contribution < 1.29 is 14.1 Å². The first kappa shape index (κ1) is 12.7. The molecular formula is C11H10BrN3O3. The lowest BCUT2D eigenvalue weighted by atomic mass is 10.3. The zero-order valence-corrected chi connectivity index (χ0v) is 11.2. The summed E-state index contributed by atoms with van der Waals surface area (Å²) in [6, 6.07) is 1.81. The molecule has 0 unspecified atom stereocenters. The highest BCUT2D eigenvalue weighted by Gasteiger charge is 2.13. The summed E-state index contributed by atoms with van der Waals surface area (Å²) < 4.78 is 10.6. The second-order valence-corrected chi connectivity index (χ2v) is 4.30. The first-order valence-electron chi connectivity index (χ1n) is 5.28. The average Bonchev–Trinajstić information content (AvgIpc) is 2.78. The summed E-state index contributed by atoms with van der Waals surface area (Å²) in [5.41, 5.74) is 0.711. The van der Waals surface area contributed by atoms with Crippen molar-refractivity contribution >= 4 is 21.9 Å². The quantitative estimate of drug-likeness (QED) is 0.804. The zero-order valence-electron chi connectivity index (χ0n) is 9.59. The van der Waals surface area contributed by atoms with Gasteiger partial charge in [0.15, 0.2) is 0 Å². The maximum absolute atomic E-state index is 11.2. The van der Waals surface area contributed by atoms with Gasteiger partial charge in [0.25, 0.3) is 0 Å². The molecule has 0 aliphatic carbocycles. The summed E-state index contributed by atoms with van der Waals surface area (Å²) in [5.74, 6) is 0.228. The molecular weight excluding hydrogens is 302 g/mol. The van der Waals surface area contributed by atoms with E-state index >= 15 is 0 Å². The molecule has 0 fully saturated rings. The molecule has 0 aromatic carbocycles. The van der Waals surface area contributed by atoms with Crippen LogP contribution in [0.2, 0.25) is 0 Å². The number of esters is 1. The van der Waals surface area contributed by atoms with Crippen LogP contribution in [-0.2, 0) is 16.0 Å². The van der Waals surface area contributed by atoms with Gasteiger partial charge < -0.3 is 9.26 Å². The van der Waals surface area contributed by atoms with E-state index in [0.717, 1.165) is 4.47 Å². The van der Waals surface area contributed by atoms with Crippen LogP contribution in [0.25, 0.3) is 11.4 Å². The first-order valence-corrected chi connectivity index (χ1v) is 6.07. The van der Waals surface area contributed by atoms with Crippen molar-refractivity contribution in [2.45, 2.75) is 13.3 Å². The Bertz CT molecular complexity index is 556. The SMILES string of the molecule is CCOC(=O)Cc1nc(-c2cncc(Br)c2)no1. The molecule has 2 rings (SSSR count). The van der Waals surface area contributed by atoms with Gasteiger partial charge in [0.05, 0.1) is 6.61 Å². The predicted molar refractivity (Wildman–Crippen MR) is 65.6 cm³/mol. The molecule has 0 N–H and O–H groups in total. The minimum atomic E-state index is -0.389. The third-order valence-electron chi connectivity index (χ3n) is 2.03. The zero-order chi connectivity index (χ0) is 13.0. The standard InChI is InChI=1S/C11H10BrN3O3/c1-2-17-10(16)4-9-14-11(15-18-9)7-3-8(12)6-13-5-7/h3,5-6H,2,4H2,1H3. The van der Waals surface area contributed by atoms with Crippen molar-refractivity contribution in [3.05, 3.63) is 28.8 Å². The third-order valence-corrected chi connectivity index (χ3v) is 2.47. The van der Waals surface area contributed by atoms with E-state index in [1.165, 1.54) is 0 Å². The summed E-state index contributed by atoms with van der Waals surface area (Å²) >= 11 is 3.30. The maximum atomic E-state index is 11.2. The van der Waals surface area contributed by atoms with Gasteiger partial charge in [-0.2, -0.15) is 4.98 Å². The van der Waals surface area contributed by atoms with Gasteiger partial charge in [0.2, 0.25) is 11.7 Å². The molecule has 0 saturated heterocycles. The Morgan fingerprint density at radius 3 is 3.06 bits per heavy atom. The monoisotopic (exact) mass is 311 g/mol. The van der Waals surface area contributed by atoms with Crippen LogP contribution < -0.4 is 0 Å². The van der Waals surface area contributed by atoms with Crippen LogP contribution >= 0.6 is 15.9 Å². The molecule has 2 aromatic heterocycles. The summed E-state index contributed by atoms with van der Waals surface area (Å²) in [7, 11) is 0. The fraction of sp³-hybridized carbons (Fsp3) is 0.273. The van der Waals surface area contributed by atoms with Crippen LogP contribution in [-0.4, -0.2) is 27.7 Å². The minimum absolute atomic E-state index is 0.0255. The van der Waals surface area contributed by atoms with Crippen molar-refractivity contribution in [1.29, 1.82) is 0 Å². The van der Waals surface area contributed by atoms with Crippen molar-refractivity contribution in [2.75, 3.05) is 6.61 Å². The topological polar surface area (TPSA) is 78.1 Å². The van der Waals surface area contributed by atoms with E-state index in [0.29, 0.717) is 18.0 Å². The number of nitrogens with zero attached hydrogens (tertiary/aromatic N) is 3. The van der Waals surface area contributed by atoms with Gasteiger partial charge in [-0.3, -0.25) is 9.78 Å².